The van der Waals surface area contributed by atoms with Crippen molar-refractivity contribution in [3.05, 3.63) is 66.4 Å². The molecular weight excluding hydrogens is 411 g/mol. The fourth-order valence-corrected chi connectivity index (χ4v) is 3.89. The summed E-state index contributed by atoms with van der Waals surface area (Å²) in [6.07, 6.45) is 3.49. The quantitative estimate of drug-likeness (QED) is 0.499. The van der Waals surface area contributed by atoms with Gasteiger partial charge in [-0.1, -0.05) is 6.07 Å². The van der Waals surface area contributed by atoms with E-state index in [0.29, 0.717) is 17.0 Å². The summed E-state index contributed by atoms with van der Waals surface area (Å²) in [6, 6.07) is 12.7. The number of rotatable bonds is 6. The first-order chi connectivity index (χ1) is 15.7. The van der Waals surface area contributed by atoms with Crippen LogP contribution in [-0.2, 0) is 11.3 Å². The van der Waals surface area contributed by atoms with Crippen LogP contribution in [0.3, 0.4) is 0 Å². The van der Waals surface area contributed by atoms with Gasteiger partial charge in [-0.25, -0.2) is 9.37 Å². The van der Waals surface area contributed by atoms with Gasteiger partial charge in [0.1, 0.15) is 29.5 Å². The van der Waals surface area contributed by atoms with Crippen molar-refractivity contribution in [3.8, 4) is 16.9 Å². The number of nitrogens with zero attached hydrogens (tertiary/aromatic N) is 5. The molecule has 32 heavy (non-hydrogen) atoms. The topological polar surface area (TPSA) is 76.8 Å². The molecule has 0 bridgehead atoms. The fourth-order valence-electron chi connectivity index (χ4n) is 3.89. The van der Waals surface area contributed by atoms with E-state index in [4.69, 9.17) is 9.47 Å². The highest BCUT2D eigenvalue weighted by atomic mass is 19.1. The number of ether oxygens (including phenoxy) is 2. The number of methoxy groups -OCH3 is 1. The monoisotopic (exact) mass is 434 g/mol. The molecule has 0 radical (unpaired) electrons. The van der Waals surface area contributed by atoms with Gasteiger partial charge in [0.05, 0.1) is 20.3 Å². The second kappa shape index (κ2) is 8.80. The minimum Gasteiger partial charge on any atom is -0.496 e. The smallest absolute Gasteiger partial charge is 0.170 e. The molecule has 8 nitrogen and oxygen atoms in total. The minimum absolute atomic E-state index is 0.262. The highest BCUT2D eigenvalue weighted by Gasteiger charge is 2.15. The van der Waals surface area contributed by atoms with Gasteiger partial charge in [-0.3, -0.25) is 4.40 Å². The van der Waals surface area contributed by atoms with Crippen LogP contribution in [-0.4, -0.2) is 53.0 Å². The van der Waals surface area contributed by atoms with E-state index in [0.717, 1.165) is 49.1 Å². The number of pyridine rings is 2. The first kappa shape index (κ1) is 20.2. The molecule has 0 unspecified atom stereocenters. The Balaban J connectivity index is 1.40. The van der Waals surface area contributed by atoms with E-state index in [1.54, 1.807) is 18.5 Å². The Morgan fingerprint density at radius 2 is 2.00 bits per heavy atom. The second-order valence-corrected chi connectivity index (χ2v) is 7.44. The van der Waals surface area contributed by atoms with Crippen molar-refractivity contribution in [2.24, 2.45) is 0 Å². The third-order valence-electron chi connectivity index (χ3n) is 5.59. The van der Waals surface area contributed by atoms with E-state index in [2.05, 4.69) is 25.4 Å². The molecule has 5 rings (SSSR count). The lowest BCUT2D eigenvalue weighted by atomic mass is 10.1. The van der Waals surface area contributed by atoms with Gasteiger partial charge >= 0.3 is 0 Å². The molecule has 0 atom stereocenters. The minimum atomic E-state index is -0.320. The molecule has 1 aliphatic rings. The van der Waals surface area contributed by atoms with Crippen molar-refractivity contribution < 1.29 is 13.9 Å². The van der Waals surface area contributed by atoms with E-state index in [9.17, 15) is 4.39 Å². The van der Waals surface area contributed by atoms with Gasteiger partial charge < -0.3 is 19.7 Å². The lowest BCUT2D eigenvalue weighted by molar-refractivity contribution is 0.122. The Kier molecular flexibility index (Phi) is 5.55. The standard InChI is InChI=1S/C23H23FN6O2/c1-31-20-4-2-3-19(24)18(20)14-26-22-8-6-17(23-28-27-15-30(22)23)16-5-7-21(25-13-16)29-9-11-32-12-10-29/h2-8,13,15,26H,9-12,14H2,1H3. The maximum atomic E-state index is 14.3. The van der Waals surface area contributed by atoms with Crippen LogP contribution >= 0.6 is 0 Å². The first-order valence-electron chi connectivity index (χ1n) is 10.4. The van der Waals surface area contributed by atoms with Crippen LogP contribution in [0.1, 0.15) is 5.56 Å². The van der Waals surface area contributed by atoms with Crippen molar-refractivity contribution in [3.63, 3.8) is 0 Å². The number of morpholine rings is 1. The molecule has 0 aliphatic carbocycles. The van der Waals surface area contributed by atoms with Crippen LogP contribution in [0.5, 0.6) is 5.75 Å². The lowest BCUT2D eigenvalue weighted by Gasteiger charge is -2.27. The van der Waals surface area contributed by atoms with E-state index in [-0.39, 0.29) is 12.4 Å². The Bertz CT molecular complexity index is 1220. The maximum absolute atomic E-state index is 14.3. The summed E-state index contributed by atoms with van der Waals surface area (Å²) in [5.41, 5.74) is 3.01. The maximum Gasteiger partial charge on any atom is 0.170 e. The highest BCUT2D eigenvalue weighted by Crippen LogP contribution is 2.28. The third-order valence-corrected chi connectivity index (χ3v) is 5.59. The van der Waals surface area contributed by atoms with Gasteiger partial charge in [0.15, 0.2) is 5.65 Å². The van der Waals surface area contributed by atoms with Crippen molar-refractivity contribution in [2.45, 2.75) is 6.54 Å². The highest BCUT2D eigenvalue weighted by molar-refractivity contribution is 5.79. The average Bonchev–Trinajstić information content (AvgIpc) is 3.34. The lowest BCUT2D eigenvalue weighted by Crippen LogP contribution is -2.36. The van der Waals surface area contributed by atoms with Crippen LogP contribution in [0.4, 0.5) is 16.0 Å². The van der Waals surface area contributed by atoms with Gasteiger partial charge in [-0.05, 0) is 36.4 Å². The Labute approximate surface area is 184 Å². The molecule has 1 saturated heterocycles. The number of hydrogen-bond acceptors (Lipinski definition) is 7. The summed E-state index contributed by atoms with van der Waals surface area (Å²) in [4.78, 5) is 6.85. The third kappa shape index (κ3) is 3.82. The Hall–Kier alpha value is -3.72. The van der Waals surface area contributed by atoms with E-state index in [1.807, 2.05) is 34.9 Å². The predicted octanol–water partition coefficient (Wildman–Crippen LogP) is 3.39. The Morgan fingerprint density at radius 1 is 1.12 bits per heavy atom. The van der Waals surface area contributed by atoms with Gasteiger partial charge in [0.2, 0.25) is 0 Å². The summed E-state index contributed by atoms with van der Waals surface area (Å²) >= 11 is 0. The number of hydrogen-bond donors (Lipinski definition) is 1. The largest absolute Gasteiger partial charge is 0.496 e. The normalized spacial score (nSPS) is 14.0. The Morgan fingerprint density at radius 3 is 2.78 bits per heavy atom. The summed E-state index contributed by atoms with van der Waals surface area (Å²) in [5, 5.41) is 11.6. The number of benzene rings is 1. The van der Waals surface area contributed by atoms with Gasteiger partial charge in [-0.2, -0.15) is 0 Å². The van der Waals surface area contributed by atoms with Gasteiger partial charge in [0.25, 0.3) is 0 Å². The molecule has 1 fully saturated rings. The average molecular weight is 434 g/mol. The molecular formula is C23H23FN6O2. The number of aromatic nitrogens is 4. The molecule has 4 aromatic rings. The molecule has 3 aromatic heterocycles. The van der Waals surface area contributed by atoms with Crippen molar-refractivity contribution in [2.75, 3.05) is 43.6 Å². The molecule has 1 aromatic carbocycles. The second-order valence-electron chi connectivity index (χ2n) is 7.44. The zero-order valence-electron chi connectivity index (χ0n) is 17.7. The molecule has 0 amide bonds. The van der Waals surface area contributed by atoms with Gasteiger partial charge in [-0.15, -0.1) is 10.2 Å². The van der Waals surface area contributed by atoms with Crippen LogP contribution in [0.2, 0.25) is 0 Å². The zero-order valence-corrected chi connectivity index (χ0v) is 17.7. The number of anilines is 2. The number of nitrogens with one attached hydrogen (secondary N) is 1. The number of fused-ring (bicyclic) bond motifs is 1. The van der Waals surface area contributed by atoms with Crippen LogP contribution in [0.25, 0.3) is 16.8 Å². The zero-order chi connectivity index (χ0) is 21.9. The molecule has 1 aliphatic heterocycles. The molecule has 0 saturated carbocycles. The predicted molar refractivity (Wildman–Crippen MR) is 120 cm³/mol. The SMILES string of the molecule is COc1cccc(F)c1CNc1ccc(-c2ccc(N3CCOCC3)nc2)c2nncn12. The van der Waals surface area contributed by atoms with Gasteiger partial charge in [0, 0.05) is 42.5 Å². The summed E-state index contributed by atoms with van der Waals surface area (Å²) in [5.74, 6) is 1.86. The summed E-state index contributed by atoms with van der Waals surface area (Å²) in [7, 11) is 1.53. The first-order valence-corrected chi connectivity index (χ1v) is 10.4. The molecule has 0 spiro atoms. The number of halogens is 1. The molecule has 9 heteroatoms. The van der Waals surface area contributed by atoms with Crippen molar-refractivity contribution >= 4 is 17.3 Å². The fraction of sp³-hybridized carbons (Fsp3) is 0.261. The van der Waals surface area contributed by atoms with Crippen molar-refractivity contribution in [1.82, 2.24) is 19.6 Å². The van der Waals surface area contributed by atoms with E-state index in [1.165, 1.54) is 13.2 Å². The molecule has 4 heterocycles. The molecule has 1 N–H and O–H groups in total. The molecule has 164 valence electrons. The van der Waals surface area contributed by atoms with Crippen LogP contribution < -0.4 is 15.0 Å². The van der Waals surface area contributed by atoms with Crippen LogP contribution in [0, 0.1) is 5.82 Å². The van der Waals surface area contributed by atoms with E-state index < -0.39 is 0 Å². The summed E-state index contributed by atoms with van der Waals surface area (Å²) < 4.78 is 26.8. The summed E-state index contributed by atoms with van der Waals surface area (Å²) in [6.45, 7) is 3.38. The van der Waals surface area contributed by atoms with E-state index >= 15 is 0 Å². The van der Waals surface area contributed by atoms with Crippen LogP contribution in [0.15, 0.2) is 55.0 Å². The van der Waals surface area contributed by atoms with Crippen molar-refractivity contribution in [1.29, 1.82) is 0 Å².